The number of aromatic nitrogens is 4. The summed E-state index contributed by atoms with van der Waals surface area (Å²) >= 11 is 0. The van der Waals surface area contributed by atoms with E-state index < -0.39 is 0 Å². The van der Waals surface area contributed by atoms with Gasteiger partial charge in [0.05, 0.1) is 33.3 Å². The Bertz CT molecular complexity index is 3940. The molecule has 0 atom stereocenters. The maximum atomic E-state index is 5.23. The van der Waals surface area contributed by atoms with Gasteiger partial charge in [-0.05, 0) is 118 Å². The van der Waals surface area contributed by atoms with Gasteiger partial charge in [0.1, 0.15) is 0 Å². The number of nitrogens with zero attached hydrogens (tertiary/aromatic N) is 4. The summed E-state index contributed by atoms with van der Waals surface area (Å²) in [5.41, 5.74) is 18.0. The van der Waals surface area contributed by atoms with Gasteiger partial charge in [-0.25, -0.2) is 9.97 Å². The van der Waals surface area contributed by atoms with Crippen molar-refractivity contribution in [2.75, 3.05) is 0 Å². The van der Waals surface area contributed by atoms with Crippen molar-refractivity contribution in [2.45, 2.75) is 0 Å². The summed E-state index contributed by atoms with van der Waals surface area (Å²) in [4.78, 5) is 10.3. The van der Waals surface area contributed by atoms with Crippen LogP contribution in [0, 0.1) is 0 Å². The maximum absolute atomic E-state index is 5.23. The third-order valence-electron chi connectivity index (χ3n) is 13.1. The van der Waals surface area contributed by atoms with Crippen molar-refractivity contribution in [3.05, 3.63) is 243 Å². The van der Waals surface area contributed by atoms with Crippen LogP contribution in [0.5, 0.6) is 0 Å². The summed E-state index contributed by atoms with van der Waals surface area (Å²) < 4.78 is 4.77. The lowest BCUT2D eigenvalue weighted by atomic mass is 9.99. The first-order valence-electron chi connectivity index (χ1n) is 22.5. The van der Waals surface area contributed by atoms with Crippen molar-refractivity contribution >= 4 is 54.5 Å². The highest BCUT2D eigenvalue weighted by molar-refractivity contribution is 6.13. The van der Waals surface area contributed by atoms with Crippen LogP contribution < -0.4 is 0 Å². The van der Waals surface area contributed by atoms with E-state index in [1.807, 2.05) is 12.1 Å². The average molecular weight is 841 g/mol. The van der Waals surface area contributed by atoms with E-state index in [4.69, 9.17) is 9.97 Å². The fraction of sp³-hybridized carbons (Fsp3) is 0. The first-order valence-corrected chi connectivity index (χ1v) is 22.5. The summed E-state index contributed by atoms with van der Waals surface area (Å²) in [6.45, 7) is 0. The van der Waals surface area contributed by atoms with Gasteiger partial charge in [-0.2, -0.15) is 0 Å². The Hall–Kier alpha value is -8.86. The Labute approximate surface area is 382 Å². The Morgan fingerprint density at radius 1 is 0.242 bits per heavy atom. The van der Waals surface area contributed by atoms with Gasteiger partial charge < -0.3 is 9.13 Å². The van der Waals surface area contributed by atoms with E-state index in [1.54, 1.807) is 0 Å². The molecule has 13 aromatic rings. The predicted octanol–water partition coefficient (Wildman–Crippen LogP) is 16.2. The molecule has 3 aromatic heterocycles. The number of para-hydroxylation sites is 3. The molecule has 4 nitrogen and oxygen atoms in total. The molecule has 66 heavy (non-hydrogen) atoms. The lowest BCUT2D eigenvalue weighted by molar-refractivity contribution is 1.17. The molecule has 0 unspecified atom stereocenters. The molecule has 0 radical (unpaired) electrons. The summed E-state index contributed by atoms with van der Waals surface area (Å²) in [5.74, 6) is 0.703. The van der Waals surface area contributed by atoms with Crippen LogP contribution in [0.4, 0.5) is 0 Å². The minimum absolute atomic E-state index is 0.703. The van der Waals surface area contributed by atoms with Gasteiger partial charge in [0, 0.05) is 49.4 Å². The monoisotopic (exact) mass is 840 g/mol. The average Bonchev–Trinajstić information content (AvgIpc) is 3.91. The first kappa shape index (κ1) is 37.7. The summed E-state index contributed by atoms with van der Waals surface area (Å²) in [5, 5.41) is 5.93. The van der Waals surface area contributed by atoms with Crippen LogP contribution in [0.2, 0.25) is 0 Å². The van der Waals surface area contributed by atoms with Crippen molar-refractivity contribution in [1.29, 1.82) is 0 Å². The molecule has 10 aromatic carbocycles. The highest BCUT2D eigenvalue weighted by Gasteiger charge is 2.18. The molecule has 0 saturated carbocycles. The molecule has 0 aliphatic heterocycles. The molecule has 0 bridgehead atoms. The van der Waals surface area contributed by atoms with E-state index in [9.17, 15) is 0 Å². The molecule has 0 saturated heterocycles. The van der Waals surface area contributed by atoms with Crippen LogP contribution >= 0.6 is 0 Å². The Balaban J connectivity index is 0.892. The van der Waals surface area contributed by atoms with Gasteiger partial charge in [0.25, 0.3) is 0 Å². The number of benzene rings is 10. The maximum Gasteiger partial charge on any atom is 0.160 e. The predicted molar refractivity (Wildman–Crippen MR) is 275 cm³/mol. The highest BCUT2D eigenvalue weighted by atomic mass is 15.0. The number of hydrogen-bond acceptors (Lipinski definition) is 2. The van der Waals surface area contributed by atoms with Crippen molar-refractivity contribution in [3.8, 4) is 67.4 Å². The van der Waals surface area contributed by atoms with Crippen molar-refractivity contribution in [2.24, 2.45) is 0 Å². The zero-order chi connectivity index (χ0) is 43.6. The molecule has 0 spiro atoms. The highest BCUT2D eigenvalue weighted by Crippen LogP contribution is 2.40. The largest absolute Gasteiger partial charge is 0.309 e. The second kappa shape index (κ2) is 15.4. The SMILES string of the molecule is c1ccc(-c2ccc(-c3nc(-c4ccc(-n5c6ccccc6c6cc(-c7ccc8c(c7)c7cc(-c9ccccc9)ccc7n8-c7ccccc7)ccc65)cc4)nc4ccccc34)cc2)cc1. The van der Waals surface area contributed by atoms with Gasteiger partial charge in [-0.3, -0.25) is 0 Å². The van der Waals surface area contributed by atoms with Gasteiger partial charge in [-0.1, -0.05) is 158 Å². The smallest absolute Gasteiger partial charge is 0.160 e. The molecule has 308 valence electrons. The summed E-state index contributed by atoms with van der Waals surface area (Å²) in [6, 6.07) is 87.0. The molecule has 0 aliphatic rings. The Morgan fingerprint density at radius 3 is 1.24 bits per heavy atom. The Morgan fingerprint density at radius 2 is 0.636 bits per heavy atom. The van der Waals surface area contributed by atoms with Crippen LogP contribution in [0.1, 0.15) is 0 Å². The lowest BCUT2D eigenvalue weighted by Crippen LogP contribution is -1.97. The molecule has 0 aliphatic carbocycles. The minimum atomic E-state index is 0.703. The molecule has 4 heteroatoms. The van der Waals surface area contributed by atoms with Crippen molar-refractivity contribution < 1.29 is 0 Å². The topological polar surface area (TPSA) is 35.6 Å². The van der Waals surface area contributed by atoms with Crippen LogP contribution in [-0.4, -0.2) is 19.1 Å². The Kier molecular flexibility index (Phi) is 8.81. The lowest BCUT2D eigenvalue weighted by Gasteiger charge is -2.12. The number of hydrogen-bond donors (Lipinski definition) is 0. The summed E-state index contributed by atoms with van der Waals surface area (Å²) in [7, 11) is 0. The van der Waals surface area contributed by atoms with E-state index >= 15 is 0 Å². The van der Waals surface area contributed by atoms with Crippen LogP contribution in [0.3, 0.4) is 0 Å². The second-order valence-corrected chi connectivity index (χ2v) is 17.0. The molecule has 13 rings (SSSR count). The quantitative estimate of drug-likeness (QED) is 0.160. The van der Waals surface area contributed by atoms with Gasteiger partial charge in [0.2, 0.25) is 0 Å². The number of fused-ring (bicyclic) bond motifs is 7. The van der Waals surface area contributed by atoms with Gasteiger partial charge in [0.15, 0.2) is 5.82 Å². The van der Waals surface area contributed by atoms with Crippen LogP contribution in [0.15, 0.2) is 243 Å². The summed E-state index contributed by atoms with van der Waals surface area (Å²) in [6.07, 6.45) is 0. The molecule has 0 fully saturated rings. The zero-order valence-electron chi connectivity index (χ0n) is 35.9. The molecular weight excluding hydrogens is 801 g/mol. The van der Waals surface area contributed by atoms with Gasteiger partial charge in [-0.15, -0.1) is 0 Å². The van der Waals surface area contributed by atoms with E-state index in [0.717, 1.165) is 50.1 Å². The fourth-order valence-corrected chi connectivity index (χ4v) is 9.94. The van der Waals surface area contributed by atoms with Crippen molar-refractivity contribution in [1.82, 2.24) is 19.1 Å². The second-order valence-electron chi connectivity index (χ2n) is 17.0. The van der Waals surface area contributed by atoms with E-state index in [0.29, 0.717) is 5.82 Å². The first-order chi connectivity index (χ1) is 32.7. The van der Waals surface area contributed by atoms with Gasteiger partial charge >= 0.3 is 0 Å². The molecule has 3 heterocycles. The molecule has 0 amide bonds. The molecule has 0 N–H and O–H groups in total. The zero-order valence-corrected chi connectivity index (χ0v) is 35.9. The third kappa shape index (κ3) is 6.30. The van der Waals surface area contributed by atoms with E-state index in [-0.39, 0.29) is 0 Å². The molecular formula is C62H40N4. The number of rotatable bonds is 7. The standard InChI is InChI=1S/C62H40N4/c1-4-14-41(15-5-1)43-24-26-44(27-25-43)61-52-21-10-12-22-56(52)63-62(64-61)45-28-33-50(34-29-45)66-57-23-13-11-20-51(57)53-39-47(31-36-58(53)66)48-32-37-60-55(40-48)54-38-46(42-16-6-2-7-17-42)30-35-59(54)65(60)49-18-8-3-9-19-49/h1-40H. The normalized spacial score (nSPS) is 11.6. The van der Waals surface area contributed by atoms with Crippen LogP contribution in [0.25, 0.3) is 122 Å². The van der Waals surface area contributed by atoms with Crippen LogP contribution in [-0.2, 0) is 0 Å². The minimum Gasteiger partial charge on any atom is -0.309 e. The van der Waals surface area contributed by atoms with E-state index in [1.165, 1.54) is 66.0 Å². The van der Waals surface area contributed by atoms with Crippen molar-refractivity contribution in [3.63, 3.8) is 0 Å². The third-order valence-corrected chi connectivity index (χ3v) is 13.1. The van der Waals surface area contributed by atoms with E-state index in [2.05, 4.69) is 240 Å². The fourth-order valence-electron chi connectivity index (χ4n) is 9.94.